The van der Waals surface area contributed by atoms with Gasteiger partial charge in [0.2, 0.25) is 0 Å². The lowest BCUT2D eigenvalue weighted by atomic mass is 9.89. The molecule has 0 fully saturated rings. The van der Waals surface area contributed by atoms with Crippen LogP contribution in [-0.2, 0) is 11.2 Å². The third-order valence-electron chi connectivity index (χ3n) is 4.06. The van der Waals surface area contributed by atoms with E-state index in [1.165, 1.54) is 22.3 Å². The maximum atomic E-state index is 6.08. The van der Waals surface area contributed by atoms with Crippen molar-refractivity contribution in [3.8, 4) is 0 Å². The van der Waals surface area contributed by atoms with Crippen LogP contribution < -0.4 is 5.32 Å². The zero-order valence-electron chi connectivity index (χ0n) is 12.0. The van der Waals surface area contributed by atoms with E-state index in [4.69, 9.17) is 4.74 Å². The van der Waals surface area contributed by atoms with Gasteiger partial charge in [0, 0.05) is 12.4 Å². The molecule has 3 heteroatoms. The van der Waals surface area contributed by atoms with E-state index >= 15 is 0 Å². The molecule has 0 saturated heterocycles. The first-order chi connectivity index (χ1) is 9.81. The Balaban J connectivity index is 2.01. The summed E-state index contributed by atoms with van der Waals surface area (Å²) in [4.78, 5) is 4.27. The van der Waals surface area contributed by atoms with Gasteiger partial charge in [-0.3, -0.25) is 4.98 Å². The molecule has 0 spiro atoms. The molecular weight excluding hydrogens is 248 g/mol. The number of nitrogens with zero attached hydrogens (tertiary/aromatic N) is 1. The average molecular weight is 268 g/mol. The summed E-state index contributed by atoms with van der Waals surface area (Å²) in [5, 5.41) is 3.40. The van der Waals surface area contributed by atoms with Gasteiger partial charge in [0.05, 0.1) is 12.6 Å². The lowest BCUT2D eigenvalue weighted by Crippen LogP contribution is -2.30. The number of aromatic nitrogens is 1. The number of fused-ring (bicyclic) bond motifs is 1. The minimum Gasteiger partial charge on any atom is -0.371 e. The summed E-state index contributed by atoms with van der Waals surface area (Å²) in [6.07, 6.45) is 4.82. The van der Waals surface area contributed by atoms with Crippen LogP contribution in [0.3, 0.4) is 0 Å². The Hall–Kier alpha value is -1.71. The predicted molar refractivity (Wildman–Crippen MR) is 79.6 cm³/mol. The predicted octanol–water partition coefficient (Wildman–Crippen LogP) is 2.96. The third-order valence-corrected chi connectivity index (χ3v) is 4.06. The second-order valence-electron chi connectivity index (χ2n) is 5.24. The maximum absolute atomic E-state index is 6.08. The lowest BCUT2D eigenvalue weighted by Gasteiger charge is -2.33. The van der Waals surface area contributed by atoms with E-state index in [0.717, 1.165) is 13.0 Å². The van der Waals surface area contributed by atoms with Gasteiger partial charge >= 0.3 is 0 Å². The fraction of sp³-hybridized carbons (Fsp3) is 0.353. The largest absolute Gasteiger partial charge is 0.371 e. The summed E-state index contributed by atoms with van der Waals surface area (Å²) in [7, 11) is 1.98. The number of ether oxygens (including phenoxy) is 1. The molecule has 3 nitrogen and oxygen atoms in total. The monoisotopic (exact) mass is 268 g/mol. The minimum atomic E-state index is 0.0489. The van der Waals surface area contributed by atoms with Gasteiger partial charge in [-0.1, -0.05) is 24.3 Å². The molecule has 2 aromatic rings. The standard InChI is InChI=1S/C17H20N2O/c1-12-7-9-19-11-15(12)16(18-2)17-14-6-4-3-5-13(14)8-10-20-17/h3-7,9,11,16-18H,8,10H2,1-2H3. The Morgan fingerprint density at radius 2 is 2.15 bits per heavy atom. The summed E-state index contributed by atoms with van der Waals surface area (Å²) < 4.78 is 6.08. The van der Waals surface area contributed by atoms with Crippen LogP contribution in [0.2, 0.25) is 0 Å². The summed E-state index contributed by atoms with van der Waals surface area (Å²) >= 11 is 0. The van der Waals surface area contributed by atoms with Gasteiger partial charge in [-0.25, -0.2) is 0 Å². The number of hydrogen-bond donors (Lipinski definition) is 1. The van der Waals surface area contributed by atoms with Crippen molar-refractivity contribution in [3.05, 3.63) is 65.0 Å². The molecular formula is C17H20N2O. The van der Waals surface area contributed by atoms with Gasteiger partial charge in [0.15, 0.2) is 0 Å². The molecule has 20 heavy (non-hydrogen) atoms. The van der Waals surface area contributed by atoms with Crippen LogP contribution in [0.5, 0.6) is 0 Å². The second kappa shape index (κ2) is 5.73. The Morgan fingerprint density at radius 1 is 1.30 bits per heavy atom. The van der Waals surface area contributed by atoms with E-state index in [-0.39, 0.29) is 12.1 Å². The SMILES string of the molecule is CNC(c1cnccc1C)C1OCCc2ccccc21. The van der Waals surface area contributed by atoms with Crippen molar-refractivity contribution in [3.63, 3.8) is 0 Å². The number of pyridine rings is 1. The highest BCUT2D eigenvalue weighted by atomic mass is 16.5. The van der Waals surface area contributed by atoms with Gasteiger partial charge < -0.3 is 10.1 Å². The number of nitrogens with one attached hydrogen (secondary N) is 1. The van der Waals surface area contributed by atoms with E-state index in [2.05, 4.69) is 47.6 Å². The van der Waals surface area contributed by atoms with Crippen molar-refractivity contribution in [2.24, 2.45) is 0 Å². The van der Waals surface area contributed by atoms with Gasteiger partial charge in [0.1, 0.15) is 6.10 Å². The molecule has 0 saturated carbocycles. The third kappa shape index (κ3) is 2.35. The fourth-order valence-electron chi connectivity index (χ4n) is 2.97. The molecule has 1 N–H and O–H groups in total. The molecule has 0 amide bonds. The summed E-state index contributed by atoms with van der Waals surface area (Å²) in [5.41, 5.74) is 5.13. The fourth-order valence-corrected chi connectivity index (χ4v) is 2.97. The van der Waals surface area contributed by atoms with E-state index in [1.54, 1.807) is 0 Å². The van der Waals surface area contributed by atoms with Crippen LogP contribution in [0.4, 0.5) is 0 Å². The maximum Gasteiger partial charge on any atom is 0.102 e. The zero-order valence-corrected chi connectivity index (χ0v) is 12.0. The van der Waals surface area contributed by atoms with Crippen molar-refractivity contribution in [1.29, 1.82) is 0 Å². The van der Waals surface area contributed by atoms with E-state index < -0.39 is 0 Å². The van der Waals surface area contributed by atoms with E-state index in [0.29, 0.717) is 0 Å². The van der Waals surface area contributed by atoms with Crippen molar-refractivity contribution < 1.29 is 4.74 Å². The smallest absolute Gasteiger partial charge is 0.102 e. The van der Waals surface area contributed by atoms with Crippen molar-refractivity contribution in [1.82, 2.24) is 10.3 Å². The van der Waals surface area contributed by atoms with Crippen LogP contribution >= 0.6 is 0 Å². The first-order valence-electron chi connectivity index (χ1n) is 7.08. The average Bonchev–Trinajstić information content (AvgIpc) is 2.50. The zero-order chi connectivity index (χ0) is 13.9. The normalized spacial score (nSPS) is 19.4. The quantitative estimate of drug-likeness (QED) is 0.929. The highest BCUT2D eigenvalue weighted by molar-refractivity contribution is 5.35. The number of likely N-dealkylation sites (N-methyl/N-ethyl adjacent to an activating group) is 1. The summed E-state index contributed by atoms with van der Waals surface area (Å²) in [6, 6.07) is 10.7. The molecule has 2 heterocycles. The Kier molecular flexibility index (Phi) is 3.81. The van der Waals surface area contributed by atoms with Crippen LogP contribution in [0, 0.1) is 6.92 Å². The van der Waals surface area contributed by atoms with E-state index in [9.17, 15) is 0 Å². The second-order valence-corrected chi connectivity index (χ2v) is 5.24. The number of benzene rings is 1. The molecule has 1 aliphatic heterocycles. The minimum absolute atomic E-state index is 0.0489. The molecule has 0 radical (unpaired) electrons. The van der Waals surface area contributed by atoms with Gasteiger partial charge in [-0.2, -0.15) is 0 Å². The molecule has 104 valence electrons. The number of hydrogen-bond acceptors (Lipinski definition) is 3. The molecule has 2 unspecified atom stereocenters. The number of aryl methyl sites for hydroxylation is 1. The first kappa shape index (κ1) is 13.3. The molecule has 0 bridgehead atoms. The van der Waals surface area contributed by atoms with Crippen molar-refractivity contribution >= 4 is 0 Å². The lowest BCUT2D eigenvalue weighted by molar-refractivity contribution is 0.0163. The van der Waals surface area contributed by atoms with Crippen molar-refractivity contribution in [2.45, 2.75) is 25.5 Å². The number of rotatable bonds is 3. The molecule has 2 atom stereocenters. The Morgan fingerprint density at radius 3 is 2.95 bits per heavy atom. The van der Waals surface area contributed by atoms with Crippen LogP contribution in [0.15, 0.2) is 42.7 Å². The van der Waals surface area contributed by atoms with Crippen molar-refractivity contribution in [2.75, 3.05) is 13.7 Å². The van der Waals surface area contributed by atoms with Crippen LogP contribution in [0.1, 0.15) is 34.4 Å². The first-order valence-corrected chi connectivity index (χ1v) is 7.08. The Labute approximate surface area is 120 Å². The summed E-state index contributed by atoms with van der Waals surface area (Å²) in [5.74, 6) is 0. The molecule has 1 aliphatic rings. The molecule has 1 aromatic carbocycles. The molecule has 0 aliphatic carbocycles. The summed E-state index contributed by atoms with van der Waals surface area (Å²) in [6.45, 7) is 2.90. The van der Waals surface area contributed by atoms with E-state index in [1.807, 2.05) is 19.4 Å². The topological polar surface area (TPSA) is 34.2 Å². The van der Waals surface area contributed by atoms with Crippen LogP contribution in [-0.4, -0.2) is 18.6 Å². The van der Waals surface area contributed by atoms with Gasteiger partial charge in [-0.15, -0.1) is 0 Å². The highest BCUT2D eigenvalue weighted by Crippen LogP contribution is 2.37. The van der Waals surface area contributed by atoms with Crippen LogP contribution in [0.25, 0.3) is 0 Å². The molecule has 3 rings (SSSR count). The van der Waals surface area contributed by atoms with Gasteiger partial charge in [-0.05, 0) is 48.7 Å². The van der Waals surface area contributed by atoms with Gasteiger partial charge in [0.25, 0.3) is 0 Å². The Bertz CT molecular complexity index is 597. The highest BCUT2D eigenvalue weighted by Gasteiger charge is 2.29. The molecule has 1 aromatic heterocycles.